The number of carbonyl (C=O) groups is 2. The molecule has 0 aromatic heterocycles. The van der Waals surface area contributed by atoms with Crippen LogP contribution < -0.4 is 10.2 Å². The van der Waals surface area contributed by atoms with Crippen LogP contribution in [-0.2, 0) is 20.4 Å². The number of nitrogens with zero attached hydrogens (tertiary/aromatic N) is 1. The van der Waals surface area contributed by atoms with E-state index in [1.807, 2.05) is 6.07 Å². The fraction of sp³-hybridized carbons (Fsp3) is 0.263. The van der Waals surface area contributed by atoms with Crippen molar-refractivity contribution in [2.45, 2.75) is 12.7 Å². The molecule has 1 aliphatic heterocycles. The molecule has 2 aromatic carbocycles. The molecule has 6 nitrogen and oxygen atoms in total. The number of sulfone groups is 1. The first-order valence-electron chi connectivity index (χ1n) is 8.23. The van der Waals surface area contributed by atoms with Crippen LogP contribution in [0.4, 0.5) is 11.4 Å². The molecular weight excluding hydrogens is 352 g/mol. The fourth-order valence-corrected chi connectivity index (χ4v) is 3.72. The van der Waals surface area contributed by atoms with E-state index in [2.05, 4.69) is 5.32 Å². The Morgan fingerprint density at radius 2 is 1.81 bits per heavy atom. The van der Waals surface area contributed by atoms with Crippen molar-refractivity contribution in [3.63, 3.8) is 0 Å². The van der Waals surface area contributed by atoms with Gasteiger partial charge in [0.05, 0.1) is 23.0 Å². The maximum absolute atomic E-state index is 13.0. The first kappa shape index (κ1) is 18.1. The Hall–Kier alpha value is -2.67. The van der Waals surface area contributed by atoms with Gasteiger partial charge in [-0.2, -0.15) is 0 Å². The number of nitrogens with one attached hydrogen (secondary N) is 1. The summed E-state index contributed by atoms with van der Waals surface area (Å²) in [7, 11) is -3.13. The van der Waals surface area contributed by atoms with Crippen LogP contribution in [0.15, 0.2) is 48.5 Å². The van der Waals surface area contributed by atoms with Crippen molar-refractivity contribution in [3.8, 4) is 0 Å². The van der Waals surface area contributed by atoms with Gasteiger partial charge in [-0.05, 0) is 29.8 Å². The molecule has 0 aliphatic carbocycles. The first-order chi connectivity index (χ1) is 12.2. The lowest BCUT2D eigenvalue weighted by atomic mass is 10.1. The molecule has 2 aromatic rings. The van der Waals surface area contributed by atoms with E-state index in [0.29, 0.717) is 22.5 Å². The third kappa shape index (κ3) is 3.94. The molecule has 0 radical (unpaired) electrons. The minimum Gasteiger partial charge on any atom is -0.324 e. The number of rotatable bonds is 3. The lowest BCUT2D eigenvalue weighted by Crippen LogP contribution is -2.35. The van der Waals surface area contributed by atoms with Gasteiger partial charge >= 0.3 is 0 Å². The molecule has 7 heteroatoms. The highest BCUT2D eigenvalue weighted by Crippen LogP contribution is 2.31. The van der Waals surface area contributed by atoms with Crippen LogP contribution >= 0.6 is 0 Å². The molecule has 0 fully saturated rings. The lowest BCUT2D eigenvalue weighted by Gasteiger charge is -2.23. The smallest absolute Gasteiger partial charge is 0.258 e. The van der Waals surface area contributed by atoms with Crippen LogP contribution in [0.3, 0.4) is 0 Å². The number of para-hydroxylation sites is 2. The quantitative estimate of drug-likeness (QED) is 0.897. The minimum atomic E-state index is -3.13. The molecule has 3 rings (SSSR count). The molecule has 1 N–H and O–H groups in total. The number of anilines is 2. The molecule has 1 heterocycles. The molecule has 0 unspecified atom stereocenters. The molecule has 26 heavy (non-hydrogen) atoms. The number of fused-ring (bicyclic) bond motifs is 1. The topological polar surface area (TPSA) is 83.6 Å². The molecule has 0 spiro atoms. The zero-order chi connectivity index (χ0) is 18.9. The monoisotopic (exact) mass is 372 g/mol. The molecule has 0 bridgehead atoms. The molecular formula is C19H20N2O4S. The molecule has 0 saturated heterocycles. The van der Waals surface area contributed by atoms with Crippen molar-refractivity contribution in [2.24, 2.45) is 5.92 Å². The summed E-state index contributed by atoms with van der Waals surface area (Å²) in [5.74, 6) is -0.775. The van der Waals surface area contributed by atoms with Gasteiger partial charge in [0.15, 0.2) is 9.84 Å². The average Bonchev–Trinajstić information content (AvgIpc) is 2.70. The molecule has 0 saturated carbocycles. The Kier molecular flexibility index (Phi) is 4.82. The summed E-state index contributed by atoms with van der Waals surface area (Å²) >= 11 is 0. The fourth-order valence-electron chi connectivity index (χ4n) is 2.92. The normalized spacial score (nSPS) is 17.2. The maximum atomic E-state index is 13.0. The number of hydrogen-bond acceptors (Lipinski definition) is 4. The zero-order valence-electron chi connectivity index (χ0n) is 14.6. The summed E-state index contributed by atoms with van der Waals surface area (Å²) in [6, 6.07) is 13.7. The second kappa shape index (κ2) is 6.92. The van der Waals surface area contributed by atoms with Crippen LogP contribution in [0, 0.1) is 5.92 Å². The van der Waals surface area contributed by atoms with Crippen LogP contribution in [0.1, 0.15) is 22.8 Å². The average molecular weight is 372 g/mol. The summed E-state index contributed by atoms with van der Waals surface area (Å²) in [5, 5.41) is 2.84. The number of carbonyl (C=O) groups excluding carboxylic acids is 2. The van der Waals surface area contributed by atoms with E-state index in [1.165, 1.54) is 6.26 Å². The van der Waals surface area contributed by atoms with Gasteiger partial charge in [-0.1, -0.05) is 31.2 Å². The van der Waals surface area contributed by atoms with Crippen molar-refractivity contribution < 1.29 is 18.0 Å². The molecule has 136 valence electrons. The van der Waals surface area contributed by atoms with Crippen molar-refractivity contribution in [1.82, 2.24) is 0 Å². The molecule has 1 aliphatic rings. The number of amides is 2. The van der Waals surface area contributed by atoms with Crippen molar-refractivity contribution >= 4 is 33.0 Å². The first-order valence-corrected chi connectivity index (χ1v) is 10.3. The summed E-state index contributed by atoms with van der Waals surface area (Å²) in [6.07, 6.45) is 1.17. The van der Waals surface area contributed by atoms with Crippen LogP contribution in [0.5, 0.6) is 0 Å². The Labute approximate surface area is 152 Å². The van der Waals surface area contributed by atoms with Crippen LogP contribution in [-0.4, -0.2) is 33.0 Å². The van der Waals surface area contributed by atoms with Gasteiger partial charge < -0.3 is 10.2 Å². The van der Waals surface area contributed by atoms with Gasteiger partial charge in [-0.3, -0.25) is 9.59 Å². The van der Waals surface area contributed by atoms with E-state index >= 15 is 0 Å². The second-order valence-corrected chi connectivity index (χ2v) is 8.73. The van der Waals surface area contributed by atoms with E-state index in [4.69, 9.17) is 0 Å². The Morgan fingerprint density at radius 3 is 2.46 bits per heavy atom. The highest BCUT2D eigenvalue weighted by atomic mass is 32.2. The van der Waals surface area contributed by atoms with Crippen LogP contribution in [0.2, 0.25) is 0 Å². The Morgan fingerprint density at radius 1 is 1.15 bits per heavy atom. The van der Waals surface area contributed by atoms with Gasteiger partial charge in [0, 0.05) is 18.4 Å². The number of benzene rings is 2. The van der Waals surface area contributed by atoms with Crippen molar-refractivity contribution in [2.75, 3.05) is 23.0 Å². The van der Waals surface area contributed by atoms with Gasteiger partial charge in [0.1, 0.15) is 0 Å². The van der Waals surface area contributed by atoms with Crippen LogP contribution in [0.25, 0.3) is 0 Å². The van der Waals surface area contributed by atoms with E-state index in [9.17, 15) is 18.0 Å². The standard InChI is InChI=1S/C19H20N2O4S/c1-13-11-21(17-6-4-3-5-16(17)20-18(13)22)19(23)15-9-7-14(8-10-15)12-26(2,24)25/h3-10,13H,11-12H2,1-2H3,(H,20,22)/t13-/m0/s1. The van der Waals surface area contributed by atoms with Crippen molar-refractivity contribution in [1.29, 1.82) is 0 Å². The Balaban J connectivity index is 1.92. The highest BCUT2D eigenvalue weighted by Gasteiger charge is 2.29. The molecule has 2 amide bonds. The summed E-state index contributed by atoms with van der Waals surface area (Å²) < 4.78 is 22.8. The van der Waals surface area contributed by atoms with Crippen molar-refractivity contribution in [3.05, 3.63) is 59.7 Å². The van der Waals surface area contributed by atoms with E-state index in [-0.39, 0.29) is 30.0 Å². The second-order valence-electron chi connectivity index (χ2n) is 6.59. The van der Waals surface area contributed by atoms with E-state index in [0.717, 1.165) is 0 Å². The van der Waals surface area contributed by atoms with E-state index < -0.39 is 9.84 Å². The predicted molar refractivity (Wildman–Crippen MR) is 101 cm³/mol. The summed E-state index contributed by atoms with van der Waals surface area (Å²) in [5.41, 5.74) is 2.32. The summed E-state index contributed by atoms with van der Waals surface area (Å²) in [4.78, 5) is 26.8. The zero-order valence-corrected chi connectivity index (χ0v) is 15.4. The lowest BCUT2D eigenvalue weighted by molar-refractivity contribution is -0.119. The SMILES string of the molecule is C[C@H]1CN(C(=O)c2ccc(CS(C)(=O)=O)cc2)c2ccccc2NC1=O. The van der Waals surface area contributed by atoms with Gasteiger partial charge in [0.25, 0.3) is 5.91 Å². The molecule has 1 atom stereocenters. The van der Waals surface area contributed by atoms with Gasteiger partial charge in [0.2, 0.25) is 5.91 Å². The summed E-state index contributed by atoms with van der Waals surface area (Å²) in [6.45, 7) is 2.05. The highest BCUT2D eigenvalue weighted by molar-refractivity contribution is 7.89. The predicted octanol–water partition coefficient (Wildman–Crippen LogP) is 2.47. The largest absolute Gasteiger partial charge is 0.324 e. The number of hydrogen-bond donors (Lipinski definition) is 1. The maximum Gasteiger partial charge on any atom is 0.258 e. The third-order valence-electron chi connectivity index (χ3n) is 4.23. The third-order valence-corrected chi connectivity index (χ3v) is 5.09. The van der Waals surface area contributed by atoms with Gasteiger partial charge in [-0.25, -0.2) is 8.42 Å². The minimum absolute atomic E-state index is 0.0660. The van der Waals surface area contributed by atoms with E-state index in [1.54, 1.807) is 54.3 Å². The van der Waals surface area contributed by atoms with Gasteiger partial charge in [-0.15, -0.1) is 0 Å². The Bertz CT molecular complexity index is 952.